The van der Waals surface area contributed by atoms with Crippen LogP contribution in [0.3, 0.4) is 0 Å². The Morgan fingerprint density at radius 1 is 1.15 bits per heavy atom. The van der Waals surface area contributed by atoms with Crippen LogP contribution < -0.4 is 0 Å². The monoisotopic (exact) mass is 386 g/mol. The molecular formula is C19H25F3N2O3. The summed E-state index contributed by atoms with van der Waals surface area (Å²) in [5.74, 6) is -5.09. The van der Waals surface area contributed by atoms with E-state index in [2.05, 4.69) is 13.8 Å². The molecule has 2 heterocycles. The fraction of sp³-hybridized carbons (Fsp3) is 0.737. The van der Waals surface area contributed by atoms with E-state index in [9.17, 15) is 27.6 Å². The number of alkyl halides is 3. The van der Waals surface area contributed by atoms with Crippen LogP contribution in [0.15, 0.2) is 12.2 Å². The Labute approximate surface area is 156 Å². The van der Waals surface area contributed by atoms with Gasteiger partial charge < -0.3 is 4.90 Å². The van der Waals surface area contributed by atoms with Gasteiger partial charge in [-0.25, -0.2) is 0 Å². The lowest BCUT2D eigenvalue weighted by Crippen LogP contribution is -2.49. The summed E-state index contributed by atoms with van der Waals surface area (Å²) >= 11 is 0. The molecule has 5 nitrogen and oxygen atoms in total. The standard InChI is InChI=1S/C19H25F3N2O3/c1-11-4-5-12-14(17(27)24(15(12)25)10-19(20,21)22)13(11)16(26)23-8-6-18(2,3)7-9-23/h4-5,11-14H,6-10H2,1-3H3. The lowest BCUT2D eigenvalue weighted by molar-refractivity contribution is -0.167. The first-order valence-electron chi connectivity index (χ1n) is 9.30. The number of likely N-dealkylation sites (tertiary alicyclic amines) is 2. The van der Waals surface area contributed by atoms with Gasteiger partial charge in [-0.15, -0.1) is 0 Å². The summed E-state index contributed by atoms with van der Waals surface area (Å²) in [4.78, 5) is 40.2. The predicted octanol–water partition coefficient (Wildman–Crippen LogP) is 2.62. The Balaban J connectivity index is 1.84. The number of halogens is 3. The van der Waals surface area contributed by atoms with E-state index in [1.54, 1.807) is 17.9 Å². The second-order valence-electron chi connectivity index (χ2n) is 8.69. The molecule has 150 valence electrons. The van der Waals surface area contributed by atoms with Gasteiger partial charge in [0.1, 0.15) is 6.54 Å². The van der Waals surface area contributed by atoms with Crippen molar-refractivity contribution in [2.45, 2.75) is 39.8 Å². The smallest absolute Gasteiger partial charge is 0.342 e. The number of imide groups is 1. The van der Waals surface area contributed by atoms with E-state index in [4.69, 9.17) is 0 Å². The van der Waals surface area contributed by atoms with Gasteiger partial charge in [0.05, 0.1) is 17.8 Å². The van der Waals surface area contributed by atoms with Crippen molar-refractivity contribution >= 4 is 17.7 Å². The molecule has 3 amide bonds. The highest BCUT2D eigenvalue weighted by Crippen LogP contribution is 2.43. The molecular weight excluding hydrogens is 361 g/mol. The second kappa shape index (κ2) is 6.63. The number of rotatable bonds is 2. The molecule has 27 heavy (non-hydrogen) atoms. The Morgan fingerprint density at radius 3 is 2.30 bits per heavy atom. The number of hydrogen-bond donors (Lipinski definition) is 0. The number of hydrogen-bond acceptors (Lipinski definition) is 3. The molecule has 3 aliphatic rings. The number of nitrogens with zero attached hydrogens (tertiary/aromatic N) is 2. The average molecular weight is 386 g/mol. The summed E-state index contributed by atoms with van der Waals surface area (Å²) in [7, 11) is 0. The molecule has 0 saturated carbocycles. The minimum atomic E-state index is -4.66. The minimum Gasteiger partial charge on any atom is -0.342 e. The molecule has 0 aromatic heterocycles. The first-order chi connectivity index (χ1) is 12.4. The van der Waals surface area contributed by atoms with Gasteiger partial charge in [-0.2, -0.15) is 13.2 Å². The third kappa shape index (κ3) is 3.75. The molecule has 0 N–H and O–H groups in total. The van der Waals surface area contributed by atoms with Gasteiger partial charge in [-0.1, -0.05) is 32.9 Å². The number of amides is 3. The van der Waals surface area contributed by atoms with Crippen LogP contribution in [0.25, 0.3) is 0 Å². The summed E-state index contributed by atoms with van der Waals surface area (Å²) in [6.07, 6.45) is 0.175. The fourth-order valence-electron chi connectivity index (χ4n) is 4.35. The lowest BCUT2D eigenvalue weighted by Gasteiger charge is -2.41. The van der Waals surface area contributed by atoms with Crippen LogP contribution in [0.4, 0.5) is 13.2 Å². The van der Waals surface area contributed by atoms with Gasteiger partial charge in [0.15, 0.2) is 0 Å². The average Bonchev–Trinajstić information content (AvgIpc) is 2.78. The van der Waals surface area contributed by atoms with Gasteiger partial charge in [0, 0.05) is 13.1 Å². The van der Waals surface area contributed by atoms with E-state index >= 15 is 0 Å². The van der Waals surface area contributed by atoms with Crippen LogP contribution >= 0.6 is 0 Å². The molecule has 0 aromatic carbocycles. The summed E-state index contributed by atoms with van der Waals surface area (Å²) in [5.41, 5.74) is 0.139. The largest absolute Gasteiger partial charge is 0.406 e. The van der Waals surface area contributed by atoms with E-state index in [-0.39, 0.29) is 22.1 Å². The number of carbonyl (C=O) groups is 3. The molecule has 8 heteroatoms. The molecule has 0 radical (unpaired) electrons. The molecule has 0 spiro atoms. The van der Waals surface area contributed by atoms with E-state index in [1.165, 1.54) is 6.08 Å². The maximum atomic E-state index is 13.1. The van der Waals surface area contributed by atoms with E-state index in [0.717, 1.165) is 12.8 Å². The van der Waals surface area contributed by atoms with Crippen molar-refractivity contribution in [2.75, 3.05) is 19.6 Å². The van der Waals surface area contributed by atoms with Crippen LogP contribution in [0.5, 0.6) is 0 Å². The van der Waals surface area contributed by atoms with Gasteiger partial charge in [-0.05, 0) is 24.2 Å². The van der Waals surface area contributed by atoms with Crippen molar-refractivity contribution < 1.29 is 27.6 Å². The van der Waals surface area contributed by atoms with Crippen molar-refractivity contribution in [3.8, 4) is 0 Å². The second-order valence-corrected chi connectivity index (χ2v) is 8.69. The molecule has 3 rings (SSSR count). The van der Waals surface area contributed by atoms with Crippen LogP contribution in [-0.4, -0.2) is 53.3 Å². The molecule has 2 fully saturated rings. The summed E-state index contributed by atoms with van der Waals surface area (Å²) in [6.45, 7) is 5.55. The third-order valence-corrected chi connectivity index (χ3v) is 6.12. The highest BCUT2D eigenvalue weighted by Gasteiger charge is 2.56. The van der Waals surface area contributed by atoms with Crippen LogP contribution in [0, 0.1) is 29.1 Å². The van der Waals surface area contributed by atoms with Crippen LogP contribution in [0.1, 0.15) is 33.6 Å². The Hall–Kier alpha value is -1.86. The Morgan fingerprint density at radius 2 is 1.74 bits per heavy atom. The first kappa shape index (κ1) is 19.9. The number of fused-ring (bicyclic) bond motifs is 1. The van der Waals surface area contributed by atoms with E-state index < -0.39 is 42.3 Å². The van der Waals surface area contributed by atoms with Crippen molar-refractivity contribution in [3.05, 3.63) is 12.2 Å². The SMILES string of the molecule is CC1C=CC2C(=O)N(CC(F)(F)F)C(=O)C2C1C(=O)N1CCC(C)(C)CC1. The number of carbonyl (C=O) groups excluding carboxylic acids is 3. The quantitative estimate of drug-likeness (QED) is 0.542. The molecule has 0 bridgehead atoms. The van der Waals surface area contributed by atoms with Crippen molar-refractivity contribution in [1.82, 2.24) is 9.80 Å². The van der Waals surface area contributed by atoms with Crippen molar-refractivity contribution in [2.24, 2.45) is 29.1 Å². The topological polar surface area (TPSA) is 57.7 Å². The highest BCUT2D eigenvalue weighted by molar-refractivity contribution is 6.08. The Kier molecular flexibility index (Phi) is 4.89. The van der Waals surface area contributed by atoms with Crippen molar-refractivity contribution in [3.63, 3.8) is 0 Å². The molecule has 2 aliphatic heterocycles. The van der Waals surface area contributed by atoms with Gasteiger partial charge >= 0.3 is 6.18 Å². The zero-order chi connectivity index (χ0) is 20.1. The fourth-order valence-corrected chi connectivity index (χ4v) is 4.35. The van der Waals surface area contributed by atoms with Gasteiger partial charge in [0.25, 0.3) is 0 Å². The van der Waals surface area contributed by atoms with E-state index in [0.29, 0.717) is 13.1 Å². The third-order valence-electron chi connectivity index (χ3n) is 6.12. The summed E-state index contributed by atoms with van der Waals surface area (Å²) < 4.78 is 38.4. The normalized spacial score (nSPS) is 33.4. The predicted molar refractivity (Wildman–Crippen MR) is 91.1 cm³/mol. The lowest BCUT2D eigenvalue weighted by atomic mass is 9.71. The first-order valence-corrected chi connectivity index (χ1v) is 9.30. The van der Waals surface area contributed by atoms with E-state index in [1.807, 2.05) is 0 Å². The Bertz CT molecular complexity index is 676. The molecule has 2 saturated heterocycles. The minimum absolute atomic E-state index is 0.139. The zero-order valence-corrected chi connectivity index (χ0v) is 15.8. The van der Waals surface area contributed by atoms with Crippen molar-refractivity contribution in [1.29, 1.82) is 0 Å². The van der Waals surface area contributed by atoms with Gasteiger partial charge in [-0.3, -0.25) is 19.3 Å². The maximum absolute atomic E-state index is 13.1. The molecule has 1 aliphatic carbocycles. The summed E-state index contributed by atoms with van der Waals surface area (Å²) in [5, 5.41) is 0. The zero-order valence-electron chi connectivity index (χ0n) is 15.8. The van der Waals surface area contributed by atoms with Crippen LogP contribution in [0.2, 0.25) is 0 Å². The number of piperidine rings is 1. The molecule has 4 unspecified atom stereocenters. The number of allylic oxidation sites excluding steroid dienone is 1. The van der Waals surface area contributed by atoms with Crippen LogP contribution in [-0.2, 0) is 14.4 Å². The maximum Gasteiger partial charge on any atom is 0.406 e. The summed E-state index contributed by atoms with van der Waals surface area (Å²) in [6, 6.07) is 0. The molecule has 4 atom stereocenters. The molecule has 0 aromatic rings. The highest BCUT2D eigenvalue weighted by atomic mass is 19.4. The van der Waals surface area contributed by atoms with Gasteiger partial charge in [0.2, 0.25) is 17.7 Å².